The van der Waals surface area contributed by atoms with Crippen LogP contribution in [0.25, 0.3) is 0 Å². The van der Waals surface area contributed by atoms with Crippen molar-refractivity contribution < 1.29 is 4.74 Å². The zero-order valence-electron chi connectivity index (χ0n) is 8.63. The number of rotatable bonds is 6. The third-order valence-corrected chi connectivity index (χ3v) is 2.00. The van der Waals surface area contributed by atoms with Gasteiger partial charge in [-0.05, 0) is 12.8 Å². The molecule has 0 amide bonds. The first-order valence-corrected chi connectivity index (χ1v) is 4.56. The maximum Gasteiger partial charge on any atom is 0.0618 e. The molecule has 0 bridgehead atoms. The third-order valence-electron chi connectivity index (χ3n) is 2.00. The monoisotopic (exact) mass is 174 g/mol. The Bertz CT molecular complexity index is 107. The lowest BCUT2D eigenvalue weighted by Crippen LogP contribution is -2.45. The van der Waals surface area contributed by atoms with Crippen molar-refractivity contribution in [2.24, 2.45) is 11.7 Å². The summed E-state index contributed by atoms with van der Waals surface area (Å²) in [5.74, 6) is 0.582. The normalized spacial score (nSPS) is 16.5. The molecule has 0 aromatic heterocycles. The molecule has 3 heteroatoms. The van der Waals surface area contributed by atoms with Gasteiger partial charge >= 0.3 is 0 Å². The van der Waals surface area contributed by atoms with Gasteiger partial charge in [-0.1, -0.05) is 13.8 Å². The molecule has 0 heterocycles. The summed E-state index contributed by atoms with van der Waals surface area (Å²) in [4.78, 5) is 0. The molecule has 0 radical (unpaired) electrons. The van der Waals surface area contributed by atoms with Gasteiger partial charge in [0.15, 0.2) is 0 Å². The van der Waals surface area contributed by atoms with Crippen LogP contribution in [0, 0.1) is 5.92 Å². The second-order valence-electron chi connectivity index (χ2n) is 3.61. The molecule has 3 nitrogen and oxygen atoms in total. The minimum Gasteiger partial charge on any atom is -0.383 e. The van der Waals surface area contributed by atoms with Crippen LogP contribution >= 0.6 is 0 Å². The highest BCUT2D eigenvalue weighted by Gasteiger charge is 2.14. The summed E-state index contributed by atoms with van der Waals surface area (Å²) in [5.41, 5.74) is 5.51. The second-order valence-corrected chi connectivity index (χ2v) is 3.61. The van der Waals surface area contributed by atoms with Crippen molar-refractivity contribution in [3.8, 4) is 0 Å². The highest BCUT2D eigenvalue weighted by Crippen LogP contribution is 2.02. The van der Waals surface area contributed by atoms with Gasteiger partial charge < -0.3 is 15.8 Å². The summed E-state index contributed by atoms with van der Waals surface area (Å²) in [6.45, 7) is 7.87. The number of methoxy groups -OCH3 is 1. The zero-order chi connectivity index (χ0) is 9.56. The molecule has 2 unspecified atom stereocenters. The van der Waals surface area contributed by atoms with E-state index in [1.807, 2.05) is 0 Å². The van der Waals surface area contributed by atoms with Crippen LogP contribution in [-0.4, -0.2) is 32.3 Å². The van der Waals surface area contributed by atoms with Gasteiger partial charge in [0.25, 0.3) is 0 Å². The summed E-state index contributed by atoms with van der Waals surface area (Å²) < 4.78 is 5.11. The fourth-order valence-electron chi connectivity index (χ4n) is 1.05. The second kappa shape index (κ2) is 6.40. The Morgan fingerprint density at radius 2 is 1.92 bits per heavy atom. The molecule has 0 spiro atoms. The quantitative estimate of drug-likeness (QED) is 0.619. The van der Waals surface area contributed by atoms with Crippen molar-refractivity contribution in [1.29, 1.82) is 0 Å². The van der Waals surface area contributed by atoms with Gasteiger partial charge in [-0.3, -0.25) is 0 Å². The number of ether oxygens (including phenoxy) is 1. The van der Waals surface area contributed by atoms with E-state index in [-0.39, 0.29) is 0 Å². The fraction of sp³-hybridized carbons (Fsp3) is 1.00. The van der Waals surface area contributed by atoms with Gasteiger partial charge in [0.2, 0.25) is 0 Å². The predicted octanol–water partition coefficient (Wildman–Crippen LogP) is 0.594. The molecule has 2 atom stereocenters. The molecular formula is C9H22N2O. The van der Waals surface area contributed by atoms with Crippen LogP contribution in [0.3, 0.4) is 0 Å². The van der Waals surface area contributed by atoms with Crippen molar-refractivity contribution in [2.45, 2.75) is 32.9 Å². The topological polar surface area (TPSA) is 47.3 Å². The summed E-state index contributed by atoms with van der Waals surface area (Å²) in [5, 5.41) is 3.42. The first-order chi connectivity index (χ1) is 5.61. The molecule has 0 aliphatic carbocycles. The Morgan fingerprint density at radius 3 is 2.25 bits per heavy atom. The molecule has 74 valence electrons. The van der Waals surface area contributed by atoms with Gasteiger partial charge in [-0.15, -0.1) is 0 Å². The predicted molar refractivity (Wildman–Crippen MR) is 52.2 cm³/mol. The summed E-state index contributed by atoms with van der Waals surface area (Å²) in [6.07, 6.45) is 0. The van der Waals surface area contributed by atoms with E-state index in [0.29, 0.717) is 24.5 Å². The van der Waals surface area contributed by atoms with E-state index in [1.165, 1.54) is 0 Å². The van der Waals surface area contributed by atoms with Crippen LogP contribution in [0.5, 0.6) is 0 Å². The van der Waals surface area contributed by atoms with Crippen LogP contribution in [-0.2, 0) is 4.74 Å². The van der Waals surface area contributed by atoms with E-state index >= 15 is 0 Å². The summed E-state index contributed by atoms with van der Waals surface area (Å²) >= 11 is 0. The molecule has 0 saturated heterocycles. The molecule has 3 N–H and O–H groups in total. The van der Waals surface area contributed by atoms with E-state index in [1.54, 1.807) is 7.11 Å². The molecule has 12 heavy (non-hydrogen) atoms. The molecule has 0 aliphatic heterocycles. The summed E-state index contributed by atoms with van der Waals surface area (Å²) in [6, 6.07) is 0.779. The minimum absolute atomic E-state index is 0.368. The lowest BCUT2D eigenvalue weighted by atomic mass is 10.0. The molecule has 0 saturated carbocycles. The van der Waals surface area contributed by atoms with E-state index in [2.05, 4.69) is 26.1 Å². The minimum atomic E-state index is 0.368. The zero-order valence-corrected chi connectivity index (χ0v) is 8.63. The van der Waals surface area contributed by atoms with Gasteiger partial charge in [0, 0.05) is 25.7 Å². The number of hydrogen-bond donors (Lipinski definition) is 2. The standard InChI is InChI=1S/C9H22N2O/c1-7(2)9(6-12-4)11-8(3)5-10/h7-9,11H,5-6,10H2,1-4H3. The SMILES string of the molecule is COCC(NC(C)CN)C(C)C. The van der Waals surface area contributed by atoms with Crippen LogP contribution in [0.2, 0.25) is 0 Å². The van der Waals surface area contributed by atoms with Crippen molar-refractivity contribution in [1.82, 2.24) is 5.32 Å². The van der Waals surface area contributed by atoms with E-state index in [0.717, 1.165) is 6.61 Å². The smallest absolute Gasteiger partial charge is 0.0618 e. The molecule has 0 rings (SSSR count). The van der Waals surface area contributed by atoms with E-state index < -0.39 is 0 Å². The molecule has 0 aliphatic rings. The average Bonchev–Trinajstić information content (AvgIpc) is 2.03. The first-order valence-electron chi connectivity index (χ1n) is 4.56. The molecule has 0 fully saturated rings. The van der Waals surface area contributed by atoms with Crippen LogP contribution < -0.4 is 11.1 Å². The highest BCUT2D eigenvalue weighted by atomic mass is 16.5. The fourth-order valence-corrected chi connectivity index (χ4v) is 1.05. The maximum absolute atomic E-state index is 5.51. The maximum atomic E-state index is 5.51. The molecule has 0 aromatic rings. The van der Waals surface area contributed by atoms with Gasteiger partial charge in [-0.25, -0.2) is 0 Å². The largest absolute Gasteiger partial charge is 0.383 e. The Morgan fingerprint density at radius 1 is 1.33 bits per heavy atom. The molecule has 0 aromatic carbocycles. The molecular weight excluding hydrogens is 152 g/mol. The number of nitrogens with one attached hydrogen (secondary N) is 1. The van der Waals surface area contributed by atoms with Crippen LogP contribution in [0.1, 0.15) is 20.8 Å². The number of nitrogens with two attached hydrogens (primary N) is 1. The average molecular weight is 174 g/mol. The summed E-state index contributed by atoms with van der Waals surface area (Å²) in [7, 11) is 1.73. The van der Waals surface area contributed by atoms with Crippen molar-refractivity contribution >= 4 is 0 Å². The van der Waals surface area contributed by atoms with Gasteiger partial charge in [0.05, 0.1) is 6.61 Å². The number of hydrogen-bond acceptors (Lipinski definition) is 3. The van der Waals surface area contributed by atoms with E-state index in [9.17, 15) is 0 Å². The van der Waals surface area contributed by atoms with Crippen LogP contribution in [0.4, 0.5) is 0 Å². The Hall–Kier alpha value is -0.120. The Balaban J connectivity index is 3.77. The Kier molecular flexibility index (Phi) is 6.34. The van der Waals surface area contributed by atoms with E-state index in [4.69, 9.17) is 10.5 Å². The van der Waals surface area contributed by atoms with Crippen molar-refractivity contribution in [3.63, 3.8) is 0 Å². The first kappa shape index (κ1) is 11.9. The third kappa shape index (κ3) is 4.70. The Labute approximate surface area is 75.7 Å². The van der Waals surface area contributed by atoms with Crippen molar-refractivity contribution in [2.75, 3.05) is 20.3 Å². The van der Waals surface area contributed by atoms with Gasteiger partial charge in [0.1, 0.15) is 0 Å². The lowest BCUT2D eigenvalue weighted by Gasteiger charge is -2.25. The van der Waals surface area contributed by atoms with Crippen LogP contribution in [0.15, 0.2) is 0 Å². The highest BCUT2D eigenvalue weighted by molar-refractivity contribution is 4.74. The van der Waals surface area contributed by atoms with Crippen molar-refractivity contribution in [3.05, 3.63) is 0 Å². The lowest BCUT2D eigenvalue weighted by molar-refractivity contribution is 0.142. The van der Waals surface area contributed by atoms with Gasteiger partial charge in [-0.2, -0.15) is 0 Å².